The molecule has 6 nitrogen and oxygen atoms in total. The van der Waals surface area contributed by atoms with Crippen LogP contribution in [0, 0.1) is 0 Å². The van der Waals surface area contributed by atoms with Crippen molar-refractivity contribution in [1.29, 1.82) is 0 Å². The van der Waals surface area contributed by atoms with E-state index in [1.165, 1.54) is 16.8 Å². The molecule has 6 heteroatoms. The number of rotatable bonds is 4. The molecule has 0 N–H and O–H groups in total. The summed E-state index contributed by atoms with van der Waals surface area (Å²) in [6.07, 6.45) is 1.86. The highest BCUT2D eigenvalue weighted by molar-refractivity contribution is 6.11. The first-order chi connectivity index (χ1) is 23.1. The Morgan fingerprint density at radius 2 is 1.17 bits per heavy atom. The monoisotopic (exact) mass is 606 g/mol. The minimum atomic E-state index is -0.361. The summed E-state index contributed by atoms with van der Waals surface area (Å²) in [5, 5.41) is 1.06. The third-order valence-electron chi connectivity index (χ3n) is 9.25. The van der Waals surface area contributed by atoms with Gasteiger partial charge in [0.25, 0.3) is 0 Å². The van der Waals surface area contributed by atoms with E-state index in [1.807, 2.05) is 72.9 Å². The number of nitrogens with zero attached hydrogens (tertiary/aromatic N) is 6. The summed E-state index contributed by atoms with van der Waals surface area (Å²) >= 11 is 0. The molecule has 0 bridgehead atoms. The summed E-state index contributed by atoms with van der Waals surface area (Å²) in [5.41, 5.74) is 10.2. The zero-order valence-electron chi connectivity index (χ0n) is 26.0. The van der Waals surface area contributed by atoms with Crippen LogP contribution in [-0.2, 0) is 5.41 Å². The maximum Gasteiger partial charge on any atom is 0.238 e. The predicted octanol–water partition coefficient (Wildman–Crippen LogP) is 9.81. The van der Waals surface area contributed by atoms with Crippen LogP contribution in [0.3, 0.4) is 0 Å². The van der Waals surface area contributed by atoms with Crippen LogP contribution in [0.1, 0.15) is 25.0 Å². The van der Waals surface area contributed by atoms with Gasteiger partial charge in [0.05, 0.1) is 27.9 Å². The van der Waals surface area contributed by atoms with Crippen LogP contribution in [0.25, 0.3) is 50.7 Å². The highest BCUT2D eigenvalue weighted by atomic mass is 15.2. The van der Waals surface area contributed by atoms with Crippen molar-refractivity contribution < 1.29 is 0 Å². The first-order valence-corrected chi connectivity index (χ1v) is 15.8. The van der Waals surface area contributed by atoms with E-state index < -0.39 is 0 Å². The lowest BCUT2D eigenvalue weighted by Crippen LogP contribution is -2.31. The fraction of sp³-hybridized carbons (Fsp3) is 0.0732. The van der Waals surface area contributed by atoms with Gasteiger partial charge in [-0.15, -0.1) is 0 Å². The van der Waals surface area contributed by atoms with Gasteiger partial charge in [-0.25, -0.2) is 4.98 Å². The Hall–Kier alpha value is -6.14. The molecule has 1 aliphatic heterocycles. The molecule has 0 fully saturated rings. The Balaban J connectivity index is 1.42. The molecule has 0 spiro atoms. The Bertz CT molecular complexity index is 2380. The quantitative estimate of drug-likeness (QED) is 0.200. The zero-order chi connectivity index (χ0) is 31.5. The molecule has 0 aliphatic carbocycles. The highest BCUT2D eigenvalue weighted by Crippen LogP contribution is 2.54. The van der Waals surface area contributed by atoms with Gasteiger partial charge in [-0.2, -0.15) is 9.97 Å². The summed E-state index contributed by atoms with van der Waals surface area (Å²) in [6.45, 7) is 4.64. The van der Waals surface area contributed by atoms with Crippen molar-refractivity contribution in [2.24, 2.45) is 0 Å². The van der Waals surface area contributed by atoms with Crippen molar-refractivity contribution in [3.05, 3.63) is 157 Å². The lowest BCUT2D eigenvalue weighted by molar-refractivity contribution is 0.635. The van der Waals surface area contributed by atoms with Crippen molar-refractivity contribution in [3.63, 3.8) is 0 Å². The van der Waals surface area contributed by atoms with Crippen LogP contribution in [0.5, 0.6) is 0 Å². The average Bonchev–Trinajstić information content (AvgIpc) is 3.47. The van der Waals surface area contributed by atoms with Crippen molar-refractivity contribution in [2.45, 2.75) is 19.3 Å². The van der Waals surface area contributed by atoms with Crippen LogP contribution < -0.4 is 4.90 Å². The molecule has 0 amide bonds. The molecule has 8 aromatic rings. The second-order valence-electron chi connectivity index (χ2n) is 12.4. The summed E-state index contributed by atoms with van der Waals surface area (Å²) < 4.78 is 2.20. The molecule has 3 aromatic heterocycles. The molecule has 0 radical (unpaired) electrons. The Labute approximate surface area is 272 Å². The largest absolute Gasteiger partial charge is 0.310 e. The van der Waals surface area contributed by atoms with Gasteiger partial charge in [-0.05, 0) is 48.0 Å². The van der Waals surface area contributed by atoms with Gasteiger partial charge in [0, 0.05) is 39.4 Å². The zero-order valence-corrected chi connectivity index (χ0v) is 26.0. The molecule has 47 heavy (non-hydrogen) atoms. The van der Waals surface area contributed by atoms with Gasteiger partial charge in [-0.1, -0.05) is 111 Å². The topological polar surface area (TPSA) is 59.7 Å². The van der Waals surface area contributed by atoms with Crippen molar-refractivity contribution in [3.8, 4) is 28.7 Å². The molecule has 4 heterocycles. The lowest BCUT2D eigenvalue weighted by Gasteiger charge is -2.42. The van der Waals surface area contributed by atoms with E-state index in [-0.39, 0.29) is 5.41 Å². The van der Waals surface area contributed by atoms with Crippen molar-refractivity contribution in [2.75, 3.05) is 4.90 Å². The van der Waals surface area contributed by atoms with Crippen molar-refractivity contribution in [1.82, 2.24) is 24.5 Å². The van der Waals surface area contributed by atoms with Crippen LogP contribution in [0.15, 0.2) is 146 Å². The van der Waals surface area contributed by atoms with Gasteiger partial charge >= 0.3 is 0 Å². The van der Waals surface area contributed by atoms with Crippen LogP contribution in [-0.4, -0.2) is 24.5 Å². The van der Waals surface area contributed by atoms with Crippen LogP contribution >= 0.6 is 0 Å². The Morgan fingerprint density at radius 1 is 0.553 bits per heavy atom. The predicted molar refractivity (Wildman–Crippen MR) is 190 cm³/mol. The van der Waals surface area contributed by atoms with E-state index in [1.54, 1.807) is 0 Å². The average molecular weight is 607 g/mol. The SMILES string of the molecule is CC1(C)c2ccccc2N(c2ccccc2)c2ccc3c4ncccc4n(-c4nc(-c5ccccc5)nc(-c5ccccc5)n4)c3c21. The van der Waals surface area contributed by atoms with E-state index in [0.29, 0.717) is 17.6 Å². The first kappa shape index (κ1) is 27.2. The molecule has 1 aliphatic rings. The summed E-state index contributed by atoms with van der Waals surface area (Å²) in [6, 6.07) is 48.1. The van der Waals surface area contributed by atoms with Gasteiger partial charge in [0.2, 0.25) is 5.95 Å². The summed E-state index contributed by atoms with van der Waals surface area (Å²) in [5.74, 6) is 1.79. The fourth-order valence-electron chi connectivity index (χ4n) is 7.13. The molecular formula is C41H30N6. The molecule has 224 valence electrons. The number of hydrogen-bond acceptors (Lipinski definition) is 5. The molecular weight excluding hydrogens is 576 g/mol. The maximum atomic E-state index is 5.19. The van der Waals surface area contributed by atoms with Gasteiger partial charge < -0.3 is 4.90 Å². The second-order valence-corrected chi connectivity index (χ2v) is 12.4. The van der Waals surface area contributed by atoms with Crippen molar-refractivity contribution >= 4 is 39.0 Å². The van der Waals surface area contributed by atoms with E-state index >= 15 is 0 Å². The highest BCUT2D eigenvalue weighted by Gasteiger charge is 2.40. The van der Waals surface area contributed by atoms with E-state index in [4.69, 9.17) is 19.9 Å². The van der Waals surface area contributed by atoms with Gasteiger partial charge in [0.15, 0.2) is 11.6 Å². The van der Waals surface area contributed by atoms with Gasteiger partial charge in [0.1, 0.15) is 0 Å². The lowest BCUT2D eigenvalue weighted by atomic mass is 9.72. The van der Waals surface area contributed by atoms with E-state index in [2.05, 4.69) is 96.1 Å². The minimum absolute atomic E-state index is 0.361. The smallest absolute Gasteiger partial charge is 0.238 e. The van der Waals surface area contributed by atoms with Gasteiger partial charge in [-0.3, -0.25) is 9.55 Å². The number of pyridine rings is 1. The molecule has 9 rings (SSSR count). The van der Waals surface area contributed by atoms with Crippen LogP contribution in [0.4, 0.5) is 17.1 Å². The first-order valence-electron chi connectivity index (χ1n) is 15.8. The molecule has 0 unspecified atom stereocenters. The van der Waals surface area contributed by atoms with Crippen LogP contribution in [0.2, 0.25) is 0 Å². The third-order valence-corrected chi connectivity index (χ3v) is 9.25. The number of para-hydroxylation sites is 2. The maximum absolute atomic E-state index is 5.19. The normalized spacial score (nSPS) is 13.4. The Morgan fingerprint density at radius 3 is 1.85 bits per heavy atom. The standard InChI is InChI=1S/C41H30N6/c1-41(2)31-21-12-13-22-32(31)46(29-19-10-5-11-20-29)33-25-24-30-36-34(23-14-26-42-36)47(37(30)35(33)41)40-44-38(27-15-6-3-7-16-27)43-39(45-40)28-17-8-4-9-18-28/h3-26H,1-2H3. The second kappa shape index (κ2) is 10.5. The number of hydrogen-bond donors (Lipinski definition) is 0. The fourth-order valence-corrected chi connectivity index (χ4v) is 7.13. The molecule has 5 aromatic carbocycles. The summed E-state index contributed by atoms with van der Waals surface area (Å²) in [4.78, 5) is 22.7. The van der Waals surface area contributed by atoms with E-state index in [0.717, 1.165) is 44.4 Å². The Kier molecular flexibility index (Phi) is 6.05. The number of aromatic nitrogens is 5. The molecule has 0 atom stereocenters. The summed E-state index contributed by atoms with van der Waals surface area (Å²) in [7, 11) is 0. The molecule has 0 saturated heterocycles. The number of anilines is 3. The molecule has 0 saturated carbocycles. The number of benzene rings is 5. The minimum Gasteiger partial charge on any atom is -0.310 e. The third kappa shape index (κ3) is 4.18. The van der Waals surface area contributed by atoms with E-state index in [9.17, 15) is 0 Å². The number of fused-ring (bicyclic) bond motifs is 6.